The Kier molecular flexibility index (Phi) is 4.59. The van der Waals surface area contributed by atoms with Crippen molar-refractivity contribution in [3.05, 3.63) is 48.0 Å². The number of imidazole rings is 1. The van der Waals surface area contributed by atoms with Crippen LogP contribution in [-0.4, -0.2) is 15.8 Å². The van der Waals surface area contributed by atoms with E-state index in [4.69, 9.17) is 0 Å². The van der Waals surface area contributed by atoms with Crippen LogP contribution in [0.1, 0.15) is 29.4 Å². The molecule has 1 aromatic heterocycles. The molecule has 2 aromatic rings. The van der Waals surface area contributed by atoms with E-state index in [1.54, 1.807) is 11.8 Å². The molecule has 1 aromatic carbocycles. The zero-order valence-electron chi connectivity index (χ0n) is 10.4. The maximum atomic E-state index is 10.6. The first-order valence-corrected chi connectivity index (χ1v) is 6.99. The Balaban J connectivity index is 1.97. The lowest BCUT2D eigenvalue weighted by atomic mass is 10.2. The average molecular weight is 260 g/mol. The van der Waals surface area contributed by atoms with E-state index in [0.717, 1.165) is 30.6 Å². The second kappa shape index (κ2) is 6.40. The largest absolute Gasteiger partial charge is 0.334 e. The Labute approximate surface area is 111 Å². The number of rotatable bonds is 6. The summed E-state index contributed by atoms with van der Waals surface area (Å²) in [5.41, 5.74) is 1.96. The highest BCUT2D eigenvalue weighted by Crippen LogP contribution is 2.22. The topological polar surface area (TPSA) is 34.9 Å². The van der Waals surface area contributed by atoms with Crippen LogP contribution in [0.4, 0.5) is 0 Å². The van der Waals surface area contributed by atoms with Crippen LogP contribution in [0, 0.1) is 0 Å². The van der Waals surface area contributed by atoms with Gasteiger partial charge in [0.1, 0.15) is 6.29 Å². The van der Waals surface area contributed by atoms with Gasteiger partial charge >= 0.3 is 0 Å². The van der Waals surface area contributed by atoms with Crippen molar-refractivity contribution in [2.45, 2.75) is 30.5 Å². The van der Waals surface area contributed by atoms with Crippen LogP contribution < -0.4 is 0 Å². The molecule has 0 saturated heterocycles. The van der Waals surface area contributed by atoms with Crippen LogP contribution in [0.5, 0.6) is 0 Å². The standard InChI is InChI=1S/C14H16N2OS/c1-2-7-16-11-15-8-13(16)10-18-14-5-3-12(9-17)4-6-14/h3-6,8-9,11H,2,7,10H2,1H3. The summed E-state index contributed by atoms with van der Waals surface area (Å²) in [6.07, 6.45) is 5.78. The van der Waals surface area contributed by atoms with Gasteiger partial charge in [-0.1, -0.05) is 19.1 Å². The molecule has 0 aliphatic rings. The summed E-state index contributed by atoms with van der Waals surface area (Å²) in [6.45, 7) is 3.18. The smallest absolute Gasteiger partial charge is 0.150 e. The molecule has 0 spiro atoms. The molecule has 0 atom stereocenters. The zero-order chi connectivity index (χ0) is 12.8. The van der Waals surface area contributed by atoms with E-state index >= 15 is 0 Å². The van der Waals surface area contributed by atoms with Crippen LogP contribution >= 0.6 is 11.8 Å². The number of hydrogen-bond acceptors (Lipinski definition) is 3. The van der Waals surface area contributed by atoms with Crippen LogP contribution in [0.25, 0.3) is 0 Å². The third-order valence-electron chi connectivity index (χ3n) is 2.67. The first-order valence-electron chi connectivity index (χ1n) is 6.00. The van der Waals surface area contributed by atoms with E-state index in [1.807, 2.05) is 36.8 Å². The maximum Gasteiger partial charge on any atom is 0.150 e. The fraction of sp³-hybridized carbons (Fsp3) is 0.286. The lowest BCUT2D eigenvalue weighted by molar-refractivity contribution is 0.112. The van der Waals surface area contributed by atoms with Gasteiger partial charge in [0.15, 0.2) is 0 Å². The first kappa shape index (κ1) is 12.9. The molecule has 18 heavy (non-hydrogen) atoms. The Morgan fingerprint density at radius 2 is 2.11 bits per heavy atom. The molecule has 0 bridgehead atoms. The molecule has 3 nitrogen and oxygen atoms in total. The van der Waals surface area contributed by atoms with Gasteiger partial charge in [-0.3, -0.25) is 4.79 Å². The third kappa shape index (κ3) is 3.23. The second-order valence-corrected chi connectivity index (χ2v) is 5.10. The molecular formula is C14H16N2OS. The van der Waals surface area contributed by atoms with Gasteiger partial charge in [0.2, 0.25) is 0 Å². The van der Waals surface area contributed by atoms with Gasteiger partial charge in [0.05, 0.1) is 6.33 Å². The Morgan fingerprint density at radius 3 is 2.78 bits per heavy atom. The van der Waals surface area contributed by atoms with Crippen LogP contribution in [-0.2, 0) is 12.3 Å². The molecule has 0 aliphatic carbocycles. The lowest BCUT2D eigenvalue weighted by Crippen LogP contribution is -1.99. The molecule has 1 heterocycles. The van der Waals surface area contributed by atoms with Crippen molar-refractivity contribution in [1.82, 2.24) is 9.55 Å². The van der Waals surface area contributed by atoms with E-state index in [2.05, 4.69) is 16.5 Å². The number of aryl methyl sites for hydroxylation is 1. The van der Waals surface area contributed by atoms with Crippen LogP contribution in [0.3, 0.4) is 0 Å². The molecule has 0 radical (unpaired) electrons. The van der Waals surface area contributed by atoms with Crippen LogP contribution in [0.15, 0.2) is 41.7 Å². The highest BCUT2D eigenvalue weighted by molar-refractivity contribution is 7.98. The van der Waals surface area contributed by atoms with Crippen molar-refractivity contribution in [1.29, 1.82) is 0 Å². The van der Waals surface area contributed by atoms with E-state index in [1.165, 1.54) is 10.6 Å². The summed E-state index contributed by atoms with van der Waals surface area (Å²) >= 11 is 1.76. The van der Waals surface area contributed by atoms with E-state index in [0.29, 0.717) is 0 Å². The normalized spacial score (nSPS) is 10.5. The van der Waals surface area contributed by atoms with E-state index in [-0.39, 0.29) is 0 Å². The average Bonchev–Trinajstić information content (AvgIpc) is 2.85. The minimum absolute atomic E-state index is 0.718. The minimum Gasteiger partial charge on any atom is -0.334 e. The van der Waals surface area contributed by atoms with Gasteiger partial charge in [-0.25, -0.2) is 4.98 Å². The fourth-order valence-electron chi connectivity index (χ4n) is 1.71. The van der Waals surface area contributed by atoms with Gasteiger partial charge < -0.3 is 4.57 Å². The molecule has 2 rings (SSSR count). The number of carbonyl (C=O) groups is 1. The summed E-state index contributed by atoms with van der Waals surface area (Å²) in [5.74, 6) is 0.903. The van der Waals surface area contributed by atoms with E-state index in [9.17, 15) is 4.79 Å². The molecule has 0 aliphatic heterocycles. The number of hydrogen-bond donors (Lipinski definition) is 0. The highest BCUT2D eigenvalue weighted by atomic mass is 32.2. The molecule has 0 amide bonds. The second-order valence-electron chi connectivity index (χ2n) is 4.05. The SMILES string of the molecule is CCCn1cncc1CSc1ccc(C=O)cc1. The molecule has 0 fully saturated rings. The van der Waals surface area contributed by atoms with Gasteiger partial charge in [0.25, 0.3) is 0 Å². The summed E-state index contributed by atoms with van der Waals surface area (Å²) in [7, 11) is 0. The predicted octanol–water partition coefficient (Wildman–Crippen LogP) is 3.40. The van der Waals surface area contributed by atoms with Gasteiger partial charge in [-0.2, -0.15) is 0 Å². The van der Waals surface area contributed by atoms with Crippen molar-refractivity contribution in [3.8, 4) is 0 Å². The highest BCUT2D eigenvalue weighted by Gasteiger charge is 2.02. The lowest BCUT2D eigenvalue weighted by Gasteiger charge is -2.06. The maximum absolute atomic E-state index is 10.6. The molecule has 4 heteroatoms. The van der Waals surface area contributed by atoms with Crippen molar-refractivity contribution in [3.63, 3.8) is 0 Å². The third-order valence-corrected chi connectivity index (χ3v) is 3.71. The Bertz CT molecular complexity index is 505. The predicted molar refractivity (Wildman–Crippen MR) is 73.9 cm³/mol. The quantitative estimate of drug-likeness (QED) is 0.590. The number of aldehydes is 1. The number of thioether (sulfide) groups is 1. The summed E-state index contributed by atoms with van der Waals surface area (Å²) in [5, 5.41) is 0. The first-order chi connectivity index (χ1) is 8.83. The summed E-state index contributed by atoms with van der Waals surface area (Å²) in [6, 6.07) is 7.65. The zero-order valence-corrected chi connectivity index (χ0v) is 11.2. The van der Waals surface area contributed by atoms with Crippen molar-refractivity contribution < 1.29 is 4.79 Å². The van der Waals surface area contributed by atoms with Gasteiger partial charge in [-0.05, 0) is 18.6 Å². The number of aromatic nitrogens is 2. The van der Waals surface area contributed by atoms with Gasteiger partial charge in [-0.15, -0.1) is 11.8 Å². The van der Waals surface area contributed by atoms with Crippen molar-refractivity contribution in [2.75, 3.05) is 0 Å². The molecule has 0 saturated carbocycles. The van der Waals surface area contributed by atoms with Crippen molar-refractivity contribution in [2.24, 2.45) is 0 Å². The monoisotopic (exact) mass is 260 g/mol. The number of nitrogens with zero attached hydrogens (tertiary/aromatic N) is 2. The number of carbonyl (C=O) groups excluding carboxylic acids is 1. The van der Waals surface area contributed by atoms with Crippen molar-refractivity contribution >= 4 is 18.0 Å². The summed E-state index contributed by atoms with van der Waals surface area (Å²) < 4.78 is 2.19. The molecule has 0 unspecified atom stereocenters. The van der Waals surface area contributed by atoms with E-state index < -0.39 is 0 Å². The van der Waals surface area contributed by atoms with Gasteiger partial charge in [0, 0.05) is 34.6 Å². The molecular weight excluding hydrogens is 244 g/mol. The summed E-state index contributed by atoms with van der Waals surface area (Å²) in [4.78, 5) is 15.9. The molecule has 0 N–H and O–H groups in total. The minimum atomic E-state index is 0.718. The Morgan fingerprint density at radius 1 is 1.33 bits per heavy atom. The fourth-order valence-corrected chi connectivity index (χ4v) is 2.59. The van der Waals surface area contributed by atoms with Crippen LogP contribution in [0.2, 0.25) is 0 Å². The Hall–Kier alpha value is -1.55. The number of benzene rings is 1. The molecule has 94 valence electrons.